The van der Waals surface area contributed by atoms with Crippen LogP contribution in [0.15, 0.2) is 6.33 Å². The summed E-state index contributed by atoms with van der Waals surface area (Å²) in [6, 6.07) is 0.477. The van der Waals surface area contributed by atoms with Gasteiger partial charge in [0, 0.05) is 11.6 Å². The molecule has 0 aliphatic heterocycles. The molecule has 0 saturated carbocycles. The number of aromatic nitrogens is 2. The molecular formula is C13H24N4. The normalized spacial score (nSPS) is 12.4. The molecule has 0 aromatic carbocycles. The Morgan fingerprint density at radius 2 is 2.00 bits per heavy atom. The van der Waals surface area contributed by atoms with Gasteiger partial charge in [-0.05, 0) is 19.3 Å². The molecule has 0 fully saturated rings. The first kappa shape index (κ1) is 13.7. The highest BCUT2D eigenvalue weighted by atomic mass is 15.1. The van der Waals surface area contributed by atoms with Crippen LogP contribution in [0.1, 0.15) is 52.0 Å². The summed E-state index contributed by atoms with van der Waals surface area (Å²) in [6.45, 7) is 6.53. The van der Waals surface area contributed by atoms with Crippen molar-refractivity contribution >= 4 is 11.6 Å². The van der Waals surface area contributed by atoms with Gasteiger partial charge in [-0.2, -0.15) is 0 Å². The van der Waals surface area contributed by atoms with Crippen LogP contribution in [-0.4, -0.2) is 16.0 Å². The Morgan fingerprint density at radius 3 is 2.59 bits per heavy atom. The number of nitrogens with zero attached hydrogens (tertiary/aromatic N) is 2. The number of nitrogens with two attached hydrogens (primary N) is 1. The summed E-state index contributed by atoms with van der Waals surface area (Å²) in [5.74, 6) is 1.52. The van der Waals surface area contributed by atoms with Crippen molar-refractivity contribution in [3.8, 4) is 0 Å². The van der Waals surface area contributed by atoms with E-state index in [2.05, 4.69) is 36.1 Å². The van der Waals surface area contributed by atoms with Gasteiger partial charge < -0.3 is 11.1 Å². The first-order valence-corrected chi connectivity index (χ1v) is 6.58. The molecule has 1 aromatic heterocycles. The predicted octanol–water partition coefficient (Wildman–Crippen LogP) is 3.00. The fourth-order valence-electron chi connectivity index (χ4n) is 1.97. The van der Waals surface area contributed by atoms with Crippen LogP contribution >= 0.6 is 0 Å². The second-order valence-electron chi connectivity index (χ2n) is 4.37. The predicted molar refractivity (Wildman–Crippen MR) is 73.0 cm³/mol. The van der Waals surface area contributed by atoms with Gasteiger partial charge in [-0.3, -0.25) is 0 Å². The lowest BCUT2D eigenvalue weighted by molar-refractivity contribution is 0.619. The summed E-state index contributed by atoms with van der Waals surface area (Å²) in [5.41, 5.74) is 6.97. The van der Waals surface area contributed by atoms with Crippen molar-refractivity contribution in [1.82, 2.24) is 9.97 Å². The van der Waals surface area contributed by atoms with E-state index in [0.29, 0.717) is 11.9 Å². The number of rotatable bonds is 7. The van der Waals surface area contributed by atoms with E-state index in [0.717, 1.165) is 37.1 Å². The second kappa shape index (κ2) is 7.09. The van der Waals surface area contributed by atoms with Crippen molar-refractivity contribution in [2.45, 2.75) is 58.9 Å². The van der Waals surface area contributed by atoms with Crippen LogP contribution in [0.4, 0.5) is 11.6 Å². The van der Waals surface area contributed by atoms with Crippen LogP contribution in [0.25, 0.3) is 0 Å². The fraction of sp³-hybridized carbons (Fsp3) is 0.692. The van der Waals surface area contributed by atoms with Gasteiger partial charge in [0.25, 0.3) is 0 Å². The second-order valence-corrected chi connectivity index (χ2v) is 4.37. The number of anilines is 2. The number of hydrogen-bond acceptors (Lipinski definition) is 4. The van der Waals surface area contributed by atoms with Crippen molar-refractivity contribution < 1.29 is 0 Å². The van der Waals surface area contributed by atoms with Gasteiger partial charge in [0.05, 0.1) is 0 Å². The minimum atomic E-state index is 0.477. The summed E-state index contributed by atoms with van der Waals surface area (Å²) >= 11 is 0. The van der Waals surface area contributed by atoms with E-state index < -0.39 is 0 Å². The van der Waals surface area contributed by atoms with Crippen molar-refractivity contribution in [3.05, 3.63) is 11.9 Å². The number of nitrogens with one attached hydrogen (secondary N) is 1. The summed E-state index contributed by atoms with van der Waals surface area (Å²) in [6.07, 6.45) is 6.95. The van der Waals surface area contributed by atoms with E-state index in [4.69, 9.17) is 5.73 Å². The molecular weight excluding hydrogens is 212 g/mol. The van der Waals surface area contributed by atoms with Gasteiger partial charge in [-0.25, -0.2) is 9.97 Å². The van der Waals surface area contributed by atoms with Crippen LogP contribution in [0.3, 0.4) is 0 Å². The Hall–Kier alpha value is -1.32. The Bertz CT molecular complexity index is 338. The van der Waals surface area contributed by atoms with Crippen LogP contribution in [0.2, 0.25) is 0 Å². The zero-order valence-electron chi connectivity index (χ0n) is 11.2. The summed E-state index contributed by atoms with van der Waals surface area (Å²) < 4.78 is 0. The maximum absolute atomic E-state index is 5.91. The molecule has 96 valence electrons. The highest BCUT2D eigenvalue weighted by molar-refractivity contribution is 5.55. The van der Waals surface area contributed by atoms with Crippen LogP contribution < -0.4 is 11.1 Å². The van der Waals surface area contributed by atoms with E-state index in [9.17, 15) is 0 Å². The molecule has 1 atom stereocenters. The molecule has 4 heteroatoms. The molecule has 1 unspecified atom stereocenters. The van der Waals surface area contributed by atoms with Crippen LogP contribution in [-0.2, 0) is 6.42 Å². The topological polar surface area (TPSA) is 63.8 Å². The average molecular weight is 236 g/mol. The van der Waals surface area contributed by atoms with Crippen molar-refractivity contribution in [2.24, 2.45) is 0 Å². The standard InChI is InChI=1S/C13H24N4/c1-4-7-10(6-3)17-13-11(8-5-2)12(14)15-9-16-13/h9-10H,4-8H2,1-3H3,(H3,14,15,16,17). The molecule has 1 rings (SSSR count). The van der Waals surface area contributed by atoms with E-state index >= 15 is 0 Å². The third kappa shape index (κ3) is 3.88. The Labute approximate surface area is 104 Å². The zero-order valence-corrected chi connectivity index (χ0v) is 11.2. The van der Waals surface area contributed by atoms with E-state index in [1.807, 2.05) is 0 Å². The number of nitrogen functional groups attached to an aromatic ring is 1. The first-order valence-electron chi connectivity index (χ1n) is 6.58. The molecule has 4 nitrogen and oxygen atoms in total. The summed E-state index contributed by atoms with van der Waals surface area (Å²) in [7, 11) is 0. The van der Waals surface area contributed by atoms with E-state index in [1.165, 1.54) is 12.7 Å². The zero-order chi connectivity index (χ0) is 12.7. The molecule has 1 heterocycles. The molecule has 0 aliphatic carbocycles. The van der Waals surface area contributed by atoms with Gasteiger partial charge >= 0.3 is 0 Å². The lowest BCUT2D eigenvalue weighted by atomic mass is 10.1. The molecule has 0 radical (unpaired) electrons. The molecule has 0 aliphatic rings. The van der Waals surface area contributed by atoms with Gasteiger partial charge in [-0.1, -0.05) is 33.6 Å². The molecule has 0 bridgehead atoms. The third-order valence-corrected chi connectivity index (χ3v) is 2.95. The Kier molecular flexibility index (Phi) is 5.73. The highest BCUT2D eigenvalue weighted by Gasteiger charge is 2.11. The van der Waals surface area contributed by atoms with Gasteiger partial charge in [0.1, 0.15) is 18.0 Å². The quantitative estimate of drug-likeness (QED) is 0.764. The summed E-state index contributed by atoms with van der Waals surface area (Å²) in [4.78, 5) is 8.39. The molecule has 0 spiro atoms. The van der Waals surface area contributed by atoms with Gasteiger partial charge in [0.15, 0.2) is 0 Å². The van der Waals surface area contributed by atoms with Crippen LogP contribution in [0.5, 0.6) is 0 Å². The maximum Gasteiger partial charge on any atom is 0.134 e. The molecule has 0 amide bonds. The average Bonchev–Trinajstić information content (AvgIpc) is 2.33. The largest absolute Gasteiger partial charge is 0.383 e. The van der Waals surface area contributed by atoms with Crippen molar-refractivity contribution in [3.63, 3.8) is 0 Å². The first-order chi connectivity index (χ1) is 8.22. The molecule has 3 N–H and O–H groups in total. The highest BCUT2D eigenvalue weighted by Crippen LogP contribution is 2.21. The Balaban J connectivity index is 2.84. The maximum atomic E-state index is 5.91. The smallest absolute Gasteiger partial charge is 0.134 e. The molecule has 0 saturated heterocycles. The molecule has 1 aromatic rings. The fourth-order valence-corrected chi connectivity index (χ4v) is 1.97. The summed E-state index contributed by atoms with van der Waals surface area (Å²) in [5, 5.41) is 3.49. The third-order valence-electron chi connectivity index (χ3n) is 2.95. The minimum absolute atomic E-state index is 0.477. The number of hydrogen-bond donors (Lipinski definition) is 2. The van der Waals surface area contributed by atoms with Crippen molar-refractivity contribution in [2.75, 3.05) is 11.1 Å². The SMILES string of the molecule is CCCc1c(N)ncnc1NC(CC)CCC. The van der Waals surface area contributed by atoms with Gasteiger partial charge in [-0.15, -0.1) is 0 Å². The minimum Gasteiger partial charge on any atom is -0.383 e. The van der Waals surface area contributed by atoms with E-state index in [1.54, 1.807) is 0 Å². The lowest BCUT2D eigenvalue weighted by Gasteiger charge is -2.19. The lowest BCUT2D eigenvalue weighted by Crippen LogP contribution is -2.20. The van der Waals surface area contributed by atoms with Crippen molar-refractivity contribution in [1.29, 1.82) is 0 Å². The van der Waals surface area contributed by atoms with E-state index in [-0.39, 0.29) is 0 Å². The van der Waals surface area contributed by atoms with Gasteiger partial charge in [0.2, 0.25) is 0 Å². The Morgan fingerprint density at radius 1 is 1.24 bits per heavy atom. The molecule has 17 heavy (non-hydrogen) atoms. The van der Waals surface area contributed by atoms with Crippen LogP contribution in [0, 0.1) is 0 Å². The monoisotopic (exact) mass is 236 g/mol.